The average Bonchev–Trinajstić information content (AvgIpc) is 2.69. The van der Waals surface area contributed by atoms with Crippen LogP contribution in [0.1, 0.15) is 35.2 Å². The molecule has 0 unspecified atom stereocenters. The van der Waals surface area contributed by atoms with E-state index >= 15 is 0 Å². The van der Waals surface area contributed by atoms with Gasteiger partial charge < -0.3 is 10.2 Å². The van der Waals surface area contributed by atoms with Gasteiger partial charge in [-0.3, -0.25) is 4.79 Å². The van der Waals surface area contributed by atoms with Crippen LogP contribution in [0.2, 0.25) is 5.15 Å². The van der Waals surface area contributed by atoms with Gasteiger partial charge in [0.2, 0.25) is 0 Å². The average molecular weight is 381 g/mol. The predicted octanol–water partition coefficient (Wildman–Crippen LogP) is 4.83. The fraction of sp³-hybridized carbons (Fsp3) is 0.286. The number of piperidine rings is 1. The lowest BCUT2D eigenvalue weighted by Gasteiger charge is -2.28. The molecular weight excluding hydrogens is 360 g/mol. The van der Waals surface area contributed by atoms with Crippen LogP contribution in [0, 0.1) is 6.92 Å². The molecule has 1 aliphatic heterocycles. The zero-order valence-electron chi connectivity index (χ0n) is 15.2. The number of hydrogen-bond acceptors (Lipinski definition) is 4. The Morgan fingerprint density at radius 1 is 1.11 bits per heavy atom. The Kier molecular flexibility index (Phi) is 4.94. The second-order valence-electron chi connectivity index (χ2n) is 6.90. The number of nitrogens with one attached hydrogen (secondary N) is 1. The van der Waals surface area contributed by atoms with E-state index in [0.717, 1.165) is 41.1 Å². The summed E-state index contributed by atoms with van der Waals surface area (Å²) in [5.41, 5.74) is 3.31. The van der Waals surface area contributed by atoms with Crippen molar-refractivity contribution in [2.75, 3.05) is 23.3 Å². The summed E-state index contributed by atoms with van der Waals surface area (Å²) in [6.07, 6.45) is 5.22. The number of carbonyl (C=O) groups is 1. The van der Waals surface area contributed by atoms with Gasteiger partial charge in [0.25, 0.3) is 5.91 Å². The molecule has 138 valence electrons. The number of benzene rings is 1. The molecular formula is C21H21ClN4O. The molecule has 27 heavy (non-hydrogen) atoms. The van der Waals surface area contributed by atoms with Crippen molar-refractivity contribution in [1.82, 2.24) is 9.97 Å². The number of aromatic nitrogens is 2. The summed E-state index contributed by atoms with van der Waals surface area (Å²) in [5.74, 6) is 0.831. The highest BCUT2D eigenvalue weighted by Crippen LogP contribution is 2.27. The molecule has 1 amide bonds. The van der Waals surface area contributed by atoms with Crippen LogP contribution < -0.4 is 10.2 Å². The number of amides is 1. The first kappa shape index (κ1) is 17.7. The minimum atomic E-state index is -0.214. The molecule has 4 rings (SSSR count). The lowest BCUT2D eigenvalue weighted by molar-refractivity contribution is 0.102. The molecule has 0 radical (unpaired) electrons. The van der Waals surface area contributed by atoms with Crippen LogP contribution in [0.25, 0.3) is 10.9 Å². The van der Waals surface area contributed by atoms with E-state index in [-0.39, 0.29) is 5.91 Å². The van der Waals surface area contributed by atoms with Crippen molar-refractivity contribution in [3.05, 3.63) is 58.9 Å². The Bertz CT molecular complexity index is 981. The van der Waals surface area contributed by atoms with Crippen LogP contribution in [-0.4, -0.2) is 29.0 Å². The highest BCUT2D eigenvalue weighted by atomic mass is 35.5. The third kappa shape index (κ3) is 3.88. The quantitative estimate of drug-likeness (QED) is 0.661. The molecule has 3 heterocycles. The van der Waals surface area contributed by atoms with Gasteiger partial charge in [-0.25, -0.2) is 9.97 Å². The number of nitrogens with zero attached hydrogens (tertiary/aromatic N) is 3. The largest absolute Gasteiger partial charge is 0.357 e. The van der Waals surface area contributed by atoms with E-state index in [4.69, 9.17) is 16.6 Å². The fourth-order valence-electron chi connectivity index (χ4n) is 3.45. The number of carbonyl (C=O) groups excluding carboxylic acids is 1. The van der Waals surface area contributed by atoms with Gasteiger partial charge >= 0.3 is 0 Å². The van der Waals surface area contributed by atoms with Crippen molar-refractivity contribution in [2.45, 2.75) is 26.2 Å². The minimum absolute atomic E-state index is 0.214. The SMILES string of the molecule is Cc1cc(N2CCCCC2)nc2ccc(NC(=O)c3ccc(Cl)nc3)cc12. The molecule has 6 heteroatoms. The Morgan fingerprint density at radius 3 is 2.67 bits per heavy atom. The number of hydrogen-bond donors (Lipinski definition) is 1. The first-order valence-electron chi connectivity index (χ1n) is 9.19. The standard InChI is InChI=1S/C21H21ClN4O/c1-14-11-20(26-9-3-2-4-10-26)25-18-7-6-16(12-17(14)18)24-21(27)15-5-8-19(22)23-13-15/h5-8,11-13H,2-4,9-10H2,1H3,(H,24,27). The normalized spacial score (nSPS) is 14.4. The lowest BCUT2D eigenvalue weighted by atomic mass is 10.1. The molecule has 0 saturated carbocycles. The van der Waals surface area contributed by atoms with Crippen molar-refractivity contribution in [3.8, 4) is 0 Å². The molecule has 1 aromatic carbocycles. The second-order valence-corrected chi connectivity index (χ2v) is 7.29. The summed E-state index contributed by atoms with van der Waals surface area (Å²) < 4.78 is 0. The second kappa shape index (κ2) is 7.53. The molecule has 0 spiro atoms. The number of rotatable bonds is 3. The molecule has 1 N–H and O–H groups in total. The monoisotopic (exact) mass is 380 g/mol. The predicted molar refractivity (Wildman–Crippen MR) is 110 cm³/mol. The van der Waals surface area contributed by atoms with Gasteiger partial charge in [-0.1, -0.05) is 11.6 Å². The van der Waals surface area contributed by atoms with Crippen molar-refractivity contribution >= 4 is 39.9 Å². The maximum atomic E-state index is 12.4. The molecule has 0 aliphatic carbocycles. The Hall–Kier alpha value is -2.66. The van der Waals surface area contributed by atoms with Crippen molar-refractivity contribution < 1.29 is 4.79 Å². The summed E-state index contributed by atoms with van der Waals surface area (Å²) in [6, 6.07) is 11.2. The maximum Gasteiger partial charge on any atom is 0.257 e. The van der Waals surface area contributed by atoms with E-state index < -0.39 is 0 Å². The van der Waals surface area contributed by atoms with E-state index in [1.807, 2.05) is 18.2 Å². The number of anilines is 2. The van der Waals surface area contributed by atoms with Crippen molar-refractivity contribution in [1.29, 1.82) is 0 Å². The fourth-order valence-corrected chi connectivity index (χ4v) is 3.56. The van der Waals surface area contributed by atoms with Crippen LogP contribution >= 0.6 is 11.6 Å². The minimum Gasteiger partial charge on any atom is -0.357 e. The van der Waals surface area contributed by atoms with Gasteiger partial charge in [0.05, 0.1) is 11.1 Å². The summed E-state index contributed by atoms with van der Waals surface area (Å²) in [5, 5.41) is 4.32. The Labute approximate surface area is 163 Å². The van der Waals surface area contributed by atoms with E-state index in [9.17, 15) is 4.79 Å². The topological polar surface area (TPSA) is 58.1 Å². The molecule has 0 atom stereocenters. The number of pyridine rings is 2. The first-order chi connectivity index (χ1) is 13.1. The zero-order chi connectivity index (χ0) is 18.8. The third-order valence-electron chi connectivity index (χ3n) is 4.93. The van der Waals surface area contributed by atoms with E-state index in [1.54, 1.807) is 12.1 Å². The Morgan fingerprint density at radius 2 is 1.93 bits per heavy atom. The molecule has 2 aromatic heterocycles. The summed E-state index contributed by atoms with van der Waals surface area (Å²) >= 11 is 5.77. The summed E-state index contributed by atoms with van der Waals surface area (Å²) in [6.45, 7) is 4.23. The van der Waals surface area contributed by atoms with Crippen LogP contribution in [-0.2, 0) is 0 Å². The smallest absolute Gasteiger partial charge is 0.257 e. The number of aryl methyl sites for hydroxylation is 1. The molecule has 5 nitrogen and oxygen atoms in total. The van der Waals surface area contributed by atoms with Crippen LogP contribution in [0.5, 0.6) is 0 Å². The van der Waals surface area contributed by atoms with Crippen LogP contribution in [0.4, 0.5) is 11.5 Å². The highest BCUT2D eigenvalue weighted by Gasteiger charge is 2.14. The highest BCUT2D eigenvalue weighted by molar-refractivity contribution is 6.29. The van der Waals surface area contributed by atoms with Crippen molar-refractivity contribution in [2.24, 2.45) is 0 Å². The van der Waals surface area contributed by atoms with Gasteiger partial charge in [0.15, 0.2) is 0 Å². The van der Waals surface area contributed by atoms with Crippen molar-refractivity contribution in [3.63, 3.8) is 0 Å². The van der Waals surface area contributed by atoms with E-state index in [0.29, 0.717) is 10.7 Å². The molecule has 1 saturated heterocycles. The van der Waals surface area contributed by atoms with Gasteiger partial charge in [-0.05, 0) is 68.1 Å². The van der Waals surface area contributed by atoms with Gasteiger partial charge in [-0.15, -0.1) is 0 Å². The van der Waals surface area contributed by atoms with E-state index in [1.165, 1.54) is 25.5 Å². The van der Waals surface area contributed by atoms with E-state index in [2.05, 4.69) is 28.2 Å². The Balaban J connectivity index is 1.59. The summed E-state index contributed by atoms with van der Waals surface area (Å²) in [7, 11) is 0. The van der Waals surface area contributed by atoms with Gasteiger partial charge in [0, 0.05) is 30.4 Å². The lowest BCUT2D eigenvalue weighted by Crippen LogP contribution is -2.30. The summed E-state index contributed by atoms with van der Waals surface area (Å²) in [4.78, 5) is 23.5. The maximum absolute atomic E-state index is 12.4. The van der Waals surface area contributed by atoms with Gasteiger partial charge in [-0.2, -0.15) is 0 Å². The number of fused-ring (bicyclic) bond motifs is 1. The van der Waals surface area contributed by atoms with Crippen LogP contribution in [0.3, 0.4) is 0 Å². The van der Waals surface area contributed by atoms with Gasteiger partial charge in [0.1, 0.15) is 11.0 Å². The van der Waals surface area contributed by atoms with Crippen LogP contribution in [0.15, 0.2) is 42.6 Å². The third-order valence-corrected chi connectivity index (χ3v) is 5.15. The molecule has 3 aromatic rings. The molecule has 1 fully saturated rings. The number of halogens is 1. The zero-order valence-corrected chi connectivity index (χ0v) is 16.0. The molecule has 0 bridgehead atoms. The first-order valence-corrected chi connectivity index (χ1v) is 9.57. The molecule has 1 aliphatic rings.